The summed E-state index contributed by atoms with van der Waals surface area (Å²) in [6, 6.07) is 1.40. The van der Waals surface area contributed by atoms with Gasteiger partial charge in [-0.05, 0) is 50.6 Å². The number of methoxy groups -OCH3 is 1. The fourth-order valence-electron chi connectivity index (χ4n) is 3.92. The third-order valence-electron chi connectivity index (χ3n) is 5.24. The van der Waals surface area contributed by atoms with Crippen molar-refractivity contribution in [1.82, 2.24) is 10.2 Å². The molecular weight excluding hydrogens is 236 g/mol. The lowest BCUT2D eigenvalue weighted by Crippen LogP contribution is -2.57. The van der Waals surface area contributed by atoms with Crippen LogP contribution in [0.4, 0.5) is 0 Å². The largest absolute Gasteiger partial charge is 0.380 e. The number of likely N-dealkylation sites (tertiary alicyclic amines) is 1. The lowest BCUT2D eigenvalue weighted by molar-refractivity contribution is -0.0331. The number of rotatable bonds is 4. The van der Waals surface area contributed by atoms with Gasteiger partial charge in [-0.1, -0.05) is 20.8 Å². The molecule has 0 aromatic rings. The van der Waals surface area contributed by atoms with E-state index in [4.69, 9.17) is 4.74 Å². The molecule has 3 heteroatoms. The molecule has 0 aromatic heterocycles. The molecule has 1 heterocycles. The predicted molar refractivity (Wildman–Crippen MR) is 80.4 cm³/mol. The van der Waals surface area contributed by atoms with Crippen molar-refractivity contribution in [3.8, 4) is 0 Å². The third-order valence-corrected chi connectivity index (χ3v) is 5.24. The molecule has 1 saturated carbocycles. The first-order valence-electron chi connectivity index (χ1n) is 8.15. The molecule has 5 unspecified atom stereocenters. The Morgan fingerprint density at radius 3 is 2.68 bits per heavy atom. The van der Waals surface area contributed by atoms with Gasteiger partial charge in [0.2, 0.25) is 0 Å². The molecule has 1 aliphatic carbocycles. The monoisotopic (exact) mass is 268 g/mol. The van der Waals surface area contributed by atoms with E-state index < -0.39 is 0 Å². The highest BCUT2D eigenvalue weighted by atomic mass is 16.5. The van der Waals surface area contributed by atoms with E-state index in [0.29, 0.717) is 24.1 Å². The van der Waals surface area contributed by atoms with Crippen molar-refractivity contribution in [3.05, 3.63) is 0 Å². The second-order valence-electron chi connectivity index (χ2n) is 6.68. The molecule has 3 nitrogen and oxygen atoms in total. The molecule has 0 radical (unpaired) electrons. The van der Waals surface area contributed by atoms with E-state index in [-0.39, 0.29) is 0 Å². The van der Waals surface area contributed by atoms with Crippen molar-refractivity contribution < 1.29 is 4.74 Å². The van der Waals surface area contributed by atoms with Crippen molar-refractivity contribution in [2.75, 3.05) is 26.7 Å². The quantitative estimate of drug-likeness (QED) is 0.848. The van der Waals surface area contributed by atoms with Gasteiger partial charge < -0.3 is 10.1 Å². The summed E-state index contributed by atoms with van der Waals surface area (Å²) in [7, 11) is 1.87. The lowest BCUT2D eigenvalue weighted by atomic mass is 9.81. The third kappa shape index (κ3) is 3.71. The Hall–Kier alpha value is -0.120. The number of ether oxygens (including phenoxy) is 1. The van der Waals surface area contributed by atoms with Crippen LogP contribution in [0.25, 0.3) is 0 Å². The van der Waals surface area contributed by atoms with Crippen LogP contribution >= 0.6 is 0 Å². The van der Waals surface area contributed by atoms with Crippen LogP contribution in [0.1, 0.15) is 46.5 Å². The molecule has 112 valence electrons. The van der Waals surface area contributed by atoms with Crippen molar-refractivity contribution in [3.63, 3.8) is 0 Å². The Balaban J connectivity index is 2.00. The second kappa shape index (κ2) is 7.05. The number of nitrogens with zero attached hydrogens (tertiary/aromatic N) is 1. The van der Waals surface area contributed by atoms with Crippen LogP contribution in [0.3, 0.4) is 0 Å². The van der Waals surface area contributed by atoms with E-state index in [2.05, 4.69) is 31.0 Å². The Morgan fingerprint density at radius 1 is 1.21 bits per heavy atom. The first kappa shape index (κ1) is 15.3. The molecule has 2 fully saturated rings. The van der Waals surface area contributed by atoms with Gasteiger partial charge in [-0.25, -0.2) is 0 Å². The van der Waals surface area contributed by atoms with E-state index in [9.17, 15) is 0 Å². The van der Waals surface area contributed by atoms with Crippen LogP contribution in [0.15, 0.2) is 0 Å². The zero-order valence-electron chi connectivity index (χ0n) is 13.2. The Bertz CT molecular complexity index is 271. The molecule has 1 saturated heterocycles. The van der Waals surface area contributed by atoms with Gasteiger partial charge in [0, 0.05) is 25.7 Å². The second-order valence-corrected chi connectivity index (χ2v) is 6.68. The molecule has 0 aromatic carbocycles. The van der Waals surface area contributed by atoms with Gasteiger partial charge in [0.05, 0.1) is 6.10 Å². The summed E-state index contributed by atoms with van der Waals surface area (Å²) in [5.74, 6) is 1.58. The minimum absolute atomic E-state index is 0.424. The predicted octanol–water partition coefficient (Wildman–Crippen LogP) is 2.51. The average molecular weight is 268 g/mol. The lowest BCUT2D eigenvalue weighted by Gasteiger charge is -2.46. The van der Waals surface area contributed by atoms with Gasteiger partial charge in [0.1, 0.15) is 0 Å². The number of hydrogen-bond acceptors (Lipinski definition) is 3. The van der Waals surface area contributed by atoms with Gasteiger partial charge in [-0.2, -0.15) is 0 Å². The molecule has 2 aliphatic rings. The Morgan fingerprint density at radius 2 is 2.00 bits per heavy atom. The van der Waals surface area contributed by atoms with E-state index in [1.165, 1.54) is 32.2 Å². The summed E-state index contributed by atoms with van der Waals surface area (Å²) < 4.78 is 5.68. The van der Waals surface area contributed by atoms with E-state index >= 15 is 0 Å². The molecule has 19 heavy (non-hydrogen) atoms. The smallest absolute Gasteiger partial charge is 0.0724 e. The van der Waals surface area contributed by atoms with Gasteiger partial charge in [-0.15, -0.1) is 0 Å². The van der Waals surface area contributed by atoms with Crippen molar-refractivity contribution in [2.24, 2.45) is 11.8 Å². The highest BCUT2D eigenvalue weighted by Crippen LogP contribution is 2.31. The maximum atomic E-state index is 5.68. The fraction of sp³-hybridized carbons (Fsp3) is 1.00. The first-order chi connectivity index (χ1) is 9.15. The summed E-state index contributed by atoms with van der Waals surface area (Å²) >= 11 is 0. The molecular formula is C16H32N2O. The standard InChI is InChI=1S/C16H32N2O/c1-5-17-14-7-6-12(2)10-15(14)18-9-8-13(3)16(11-18)19-4/h12-17H,5-11H2,1-4H3. The van der Waals surface area contributed by atoms with Crippen LogP contribution in [0, 0.1) is 11.8 Å². The highest BCUT2D eigenvalue weighted by Gasteiger charge is 2.36. The van der Waals surface area contributed by atoms with Crippen molar-refractivity contribution in [2.45, 2.75) is 64.6 Å². The van der Waals surface area contributed by atoms with Crippen LogP contribution in [-0.2, 0) is 4.74 Å². The van der Waals surface area contributed by atoms with Gasteiger partial charge >= 0.3 is 0 Å². The minimum Gasteiger partial charge on any atom is -0.380 e. The zero-order valence-corrected chi connectivity index (χ0v) is 13.2. The Labute approximate surface area is 119 Å². The van der Waals surface area contributed by atoms with Crippen molar-refractivity contribution in [1.29, 1.82) is 0 Å². The maximum absolute atomic E-state index is 5.68. The SMILES string of the molecule is CCNC1CCC(C)CC1N1CCC(C)C(OC)C1. The summed E-state index contributed by atoms with van der Waals surface area (Å²) in [6.45, 7) is 10.4. The number of likely N-dealkylation sites (N-methyl/N-ethyl adjacent to an activating group) is 1. The van der Waals surface area contributed by atoms with Crippen molar-refractivity contribution >= 4 is 0 Å². The summed E-state index contributed by atoms with van der Waals surface area (Å²) in [5, 5.41) is 3.71. The highest BCUT2D eigenvalue weighted by molar-refractivity contribution is 4.93. The normalized spacial score (nSPS) is 41.4. The van der Waals surface area contributed by atoms with Crippen LogP contribution in [0.2, 0.25) is 0 Å². The number of hydrogen-bond donors (Lipinski definition) is 1. The van der Waals surface area contributed by atoms with E-state index in [1.807, 2.05) is 7.11 Å². The summed E-state index contributed by atoms with van der Waals surface area (Å²) in [4.78, 5) is 2.71. The first-order valence-corrected chi connectivity index (χ1v) is 8.15. The van der Waals surface area contributed by atoms with Gasteiger partial charge in [-0.3, -0.25) is 4.90 Å². The number of piperidine rings is 1. The zero-order chi connectivity index (χ0) is 13.8. The van der Waals surface area contributed by atoms with Crippen LogP contribution in [-0.4, -0.2) is 49.8 Å². The Kier molecular flexibility index (Phi) is 5.67. The molecule has 5 atom stereocenters. The summed E-state index contributed by atoms with van der Waals surface area (Å²) in [6.07, 6.45) is 5.77. The molecule has 2 rings (SSSR count). The van der Waals surface area contributed by atoms with Gasteiger partial charge in [0.25, 0.3) is 0 Å². The van der Waals surface area contributed by atoms with Gasteiger partial charge in [0.15, 0.2) is 0 Å². The van der Waals surface area contributed by atoms with Crippen LogP contribution in [0.5, 0.6) is 0 Å². The minimum atomic E-state index is 0.424. The fourth-order valence-corrected chi connectivity index (χ4v) is 3.92. The summed E-state index contributed by atoms with van der Waals surface area (Å²) in [5.41, 5.74) is 0. The molecule has 0 amide bonds. The van der Waals surface area contributed by atoms with E-state index in [1.54, 1.807) is 0 Å². The molecule has 0 spiro atoms. The molecule has 1 aliphatic heterocycles. The van der Waals surface area contributed by atoms with E-state index in [0.717, 1.165) is 19.0 Å². The molecule has 1 N–H and O–H groups in total. The number of nitrogens with one attached hydrogen (secondary N) is 1. The maximum Gasteiger partial charge on any atom is 0.0724 e. The van der Waals surface area contributed by atoms with Crippen LogP contribution < -0.4 is 5.32 Å². The molecule has 0 bridgehead atoms. The topological polar surface area (TPSA) is 24.5 Å². The average Bonchev–Trinajstić information content (AvgIpc) is 2.42.